The first-order valence-corrected chi connectivity index (χ1v) is 8.93. The Bertz CT molecular complexity index is 503. The Labute approximate surface area is 130 Å². The van der Waals surface area contributed by atoms with Crippen LogP contribution >= 0.6 is 11.8 Å². The molecule has 114 valence electrons. The van der Waals surface area contributed by atoms with Gasteiger partial charge >= 0.3 is 5.97 Å². The molecule has 0 spiro atoms. The fourth-order valence-electron chi connectivity index (χ4n) is 3.74. The van der Waals surface area contributed by atoms with E-state index in [1.807, 2.05) is 12.1 Å². The van der Waals surface area contributed by atoms with E-state index < -0.39 is 5.97 Å². The van der Waals surface area contributed by atoms with Crippen molar-refractivity contribution < 1.29 is 9.90 Å². The molecule has 4 heteroatoms. The van der Waals surface area contributed by atoms with E-state index in [9.17, 15) is 9.90 Å². The van der Waals surface area contributed by atoms with Crippen molar-refractivity contribution >= 4 is 17.7 Å². The minimum absolute atomic E-state index is 0.443. The van der Waals surface area contributed by atoms with Crippen molar-refractivity contribution in [2.75, 3.05) is 18.8 Å². The topological polar surface area (TPSA) is 40.5 Å². The molecule has 3 nitrogen and oxygen atoms in total. The number of carboxylic acid groups (broad SMARTS) is 1. The van der Waals surface area contributed by atoms with E-state index in [0.717, 1.165) is 16.7 Å². The molecule has 21 heavy (non-hydrogen) atoms. The van der Waals surface area contributed by atoms with E-state index in [2.05, 4.69) is 4.90 Å². The number of hydrogen-bond acceptors (Lipinski definition) is 3. The van der Waals surface area contributed by atoms with Crippen molar-refractivity contribution in [2.45, 2.75) is 43.0 Å². The van der Waals surface area contributed by atoms with Gasteiger partial charge in [0, 0.05) is 16.7 Å². The summed E-state index contributed by atoms with van der Waals surface area (Å²) in [6.07, 6.45) is 6.61. The zero-order chi connectivity index (χ0) is 14.7. The maximum atomic E-state index is 11.3. The first-order valence-electron chi connectivity index (χ1n) is 7.95. The highest BCUT2D eigenvalue weighted by Gasteiger charge is 2.32. The second-order valence-corrected chi connectivity index (χ2v) is 7.18. The summed E-state index contributed by atoms with van der Waals surface area (Å²) in [5.74, 6) is 0.942. The van der Waals surface area contributed by atoms with Gasteiger partial charge in [-0.25, -0.2) is 4.79 Å². The van der Waals surface area contributed by atoms with Crippen molar-refractivity contribution in [1.82, 2.24) is 4.90 Å². The number of thioether (sulfide) groups is 1. The van der Waals surface area contributed by atoms with Crippen LogP contribution in [0.3, 0.4) is 0 Å². The van der Waals surface area contributed by atoms with Gasteiger partial charge in [0.2, 0.25) is 0 Å². The highest BCUT2D eigenvalue weighted by Crippen LogP contribution is 2.35. The third-order valence-electron chi connectivity index (χ3n) is 4.80. The van der Waals surface area contributed by atoms with E-state index >= 15 is 0 Å². The van der Waals surface area contributed by atoms with Gasteiger partial charge in [0.1, 0.15) is 0 Å². The lowest BCUT2D eigenvalue weighted by Crippen LogP contribution is -2.48. The maximum absolute atomic E-state index is 11.3. The molecule has 2 saturated heterocycles. The second kappa shape index (κ2) is 6.84. The van der Waals surface area contributed by atoms with Gasteiger partial charge < -0.3 is 10.0 Å². The molecular weight excluding hydrogens is 282 g/mol. The standard InChI is InChI=1S/C17H23NO2S/c19-17(20)14-7-1-2-9-16(14)21-12-13-6-5-11-18-10-4-3-8-15(13)18/h1-2,7,9,13,15H,3-6,8,10-12H2,(H,19,20)/t13-,15-/m1/s1. The highest BCUT2D eigenvalue weighted by molar-refractivity contribution is 7.99. The van der Waals surface area contributed by atoms with Crippen molar-refractivity contribution in [3.63, 3.8) is 0 Å². The third-order valence-corrected chi connectivity index (χ3v) is 6.06. The molecule has 0 radical (unpaired) electrons. The Morgan fingerprint density at radius 2 is 2.00 bits per heavy atom. The van der Waals surface area contributed by atoms with Crippen LogP contribution in [0.2, 0.25) is 0 Å². The molecule has 2 heterocycles. The molecule has 2 fully saturated rings. The SMILES string of the molecule is O=C(O)c1ccccc1SC[C@H]1CCCN2CCCC[C@H]12. The first kappa shape index (κ1) is 14.9. The average molecular weight is 305 g/mol. The maximum Gasteiger partial charge on any atom is 0.336 e. The van der Waals surface area contributed by atoms with Crippen LogP contribution in [0.5, 0.6) is 0 Å². The summed E-state index contributed by atoms with van der Waals surface area (Å²) in [7, 11) is 0. The molecule has 2 aliphatic heterocycles. The highest BCUT2D eigenvalue weighted by atomic mass is 32.2. The van der Waals surface area contributed by atoms with Crippen molar-refractivity contribution in [3.8, 4) is 0 Å². The van der Waals surface area contributed by atoms with Gasteiger partial charge in [-0.1, -0.05) is 18.6 Å². The van der Waals surface area contributed by atoms with Crippen LogP contribution in [0.1, 0.15) is 42.5 Å². The Morgan fingerprint density at radius 1 is 1.19 bits per heavy atom. The summed E-state index contributed by atoms with van der Waals surface area (Å²) in [6, 6.07) is 8.12. The summed E-state index contributed by atoms with van der Waals surface area (Å²) in [6.45, 7) is 2.52. The molecule has 0 aromatic heterocycles. The molecule has 1 aromatic rings. The van der Waals surface area contributed by atoms with Crippen LogP contribution in [0.15, 0.2) is 29.2 Å². The summed E-state index contributed by atoms with van der Waals surface area (Å²) in [4.78, 5) is 14.9. The van der Waals surface area contributed by atoms with E-state index in [4.69, 9.17) is 0 Å². The van der Waals surface area contributed by atoms with Gasteiger partial charge in [-0.15, -0.1) is 11.8 Å². The largest absolute Gasteiger partial charge is 0.478 e. The van der Waals surface area contributed by atoms with Gasteiger partial charge in [-0.05, 0) is 56.8 Å². The van der Waals surface area contributed by atoms with Crippen molar-refractivity contribution in [2.24, 2.45) is 5.92 Å². The Kier molecular flexibility index (Phi) is 4.86. The van der Waals surface area contributed by atoms with E-state index in [0.29, 0.717) is 11.5 Å². The molecule has 0 bridgehead atoms. The first-order chi connectivity index (χ1) is 10.3. The molecular formula is C17H23NO2S. The lowest BCUT2D eigenvalue weighted by molar-refractivity contribution is 0.0689. The fourth-order valence-corrected chi connectivity index (χ4v) is 5.01. The van der Waals surface area contributed by atoms with Crippen LogP contribution < -0.4 is 0 Å². The van der Waals surface area contributed by atoms with Gasteiger partial charge in [0.15, 0.2) is 0 Å². The number of hydrogen-bond donors (Lipinski definition) is 1. The summed E-state index contributed by atoms with van der Waals surface area (Å²) >= 11 is 1.73. The van der Waals surface area contributed by atoms with Crippen LogP contribution in [-0.4, -0.2) is 40.9 Å². The summed E-state index contributed by atoms with van der Waals surface area (Å²) in [5, 5.41) is 9.27. The van der Waals surface area contributed by atoms with Gasteiger partial charge in [-0.2, -0.15) is 0 Å². The fraction of sp³-hybridized carbons (Fsp3) is 0.588. The third kappa shape index (κ3) is 3.43. The molecule has 3 rings (SSSR count). The number of fused-ring (bicyclic) bond motifs is 1. The summed E-state index contributed by atoms with van der Waals surface area (Å²) in [5.41, 5.74) is 0.443. The monoisotopic (exact) mass is 305 g/mol. The average Bonchev–Trinajstić information content (AvgIpc) is 2.53. The number of carbonyl (C=O) groups is 1. The predicted molar refractivity (Wildman–Crippen MR) is 86.1 cm³/mol. The molecule has 0 aliphatic carbocycles. The Balaban J connectivity index is 1.65. The van der Waals surface area contributed by atoms with Gasteiger partial charge in [0.25, 0.3) is 0 Å². The van der Waals surface area contributed by atoms with Crippen LogP contribution in [0.25, 0.3) is 0 Å². The molecule has 1 N–H and O–H groups in total. The zero-order valence-electron chi connectivity index (χ0n) is 12.3. The van der Waals surface area contributed by atoms with E-state index in [1.54, 1.807) is 23.9 Å². The smallest absolute Gasteiger partial charge is 0.336 e. The number of piperidine rings is 2. The minimum Gasteiger partial charge on any atom is -0.478 e. The molecule has 0 unspecified atom stereocenters. The van der Waals surface area contributed by atoms with Crippen molar-refractivity contribution in [3.05, 3.63) is 29.8 Å². The number of nitrogens with zero attached hydrogens (tertiary/aromatic N) is 1. The van der Waals surface area contributed by atoms with Gasteiger partial charge in [-0.3, -0.25) is 0 Å². The van der Waals surface area contributed by atoms with Crippen LogP contribution in [-0.2, 0) is 0 Å². The lowest BCUT2D eigenvalue weighted by Gasteiger charge is -2.44. The second-order valence-electron chi connectivity index (χ2n) is 6.11. The van der Waals surface area contributed by atoms with Gasteiger partial charge in [0.05, 0.1) is 5.56 Å². The zero-order valence-corrected chi connectivity index (χ0v) is 13.1. The molecule has 2 atom stereocenters. The molecule has 2 aliphatic rings. The molecule has 1 aromatic carbocycles. The van der Waals surface area contributed by atoms with E-state index in [1.165, 1.54) is 45.2 Å². The predicted octanol–water partition coefficient (Wildman–Crippen LogP) is 3.74. The Hall–Kier alpha value is -1.00. The molecule has 0 amide bonds. The number of benzene rings is 1. The number of carboxylic acids is 1. The van der Waals surface area contributed by atoms with Crippen LogP contribution in [0.4, 0.5) is 0 Å². The number of rotatable bonds is 4. The Morgan fingerprint density at radius 3 is 2.86 bits per heavy atom. The quantitative estimate of drug-likeness (QED) is 0.860. The summed E-state index contributed by atoms with van der Waals surface area (Å²) < 4.78 is 0. The van der Waals surface area contributed by atoms with Crippen LogP contribution in [0, 0.1) is 5.92 Å². The minimum atomic E-state index is -0.818. The lowest BCUT2D eigenvalue weighted by atomic mass is 9.85. The van der Waals surface area contributed by atoms with Crippen molar-refractivity contribution in [1.29, 1.82) is 0 Å². The van der Waals surface area contributed by atoms with E-state index in [-0.39, 0.29) is 0 Å². The normalized spacial score (nSPS) is 26.3. The molecule has 0 saturated carbocycles. The number of aromatic carboxylic acids is 1.